The minimum atomic E-state index is -3.41. The van der Waals surface area contributed by atoms with Gasteiger partial charge in [-0.15, -0.1) is 0 Å². The number of imidazole rings is 2. The molecule has 0 radical (unpaired) electrons. The monoisotopic (exact) mass is 699 g/mol. The van der Waals surface area contributed by atoms with Gasteiger partial charge in [-0.05, 0) is 76.2 Å². The number of rotatable bonds is 13. The lowest BCUT2D eigenvalue weighted by atomic mass is 10.2. The van der Waals surface area contributed by atoms with Crippen LogP contribution < -0.4 is 16.4 Å². The van der Waals surface area contributed by atoms with Crippen LogP contribution in [0.2, 0.25) is 0 Å². The molecule has 0 atom stereocenters. The summed E-state index contributed by atoms with van der Waals surface area (Å²) < 4.78 is 37.9. The number of hydrogen-bond acceptors (Lipinski definition) is 8. The fourth-order valence-corrected chi connectivity index (χ4v) is 5.94. The molecule has 6 rings (SSSR count). The molecule has 0 saturated heterocycles. The molecule has 4 heterocycles. The summed E-state index contributed by atoms with van der Waals surface area (Å²) in [6.45, 7) is 6.76. The minimum Gasteiger partial charge on any atom is -0.366 e. The molecule has 4 aromatic heterocycles. The van der Waals surface area contributed by atoms with Crippen molar-refractivity contribution in [1.82, 2.24) is 38.7 Å². The number of carbonyl (C=O) groups excluding carboxylic acids is 4. The number of nitrogens with one attached hydrogen (secondary N) is 2. The number of aldehydes is 1. The molecule has 0 aliphatic rings. The van der Waals surface area contributed by atoms with Crippen LogP contribution in [0, 0.1) is 13.8 Å². The van der Waals surface area contributed by atoms with Gasteiger partial charge in [0.15, 0.2) is 0 Å². The van der Waals surface area contributed by atoms with E-state index in [9.17, 15) is 19.2 Å². The third kappa shape index (κ3) is 6.95. The molecule has 264 valence electrons. The molecule has 15 nitrogen and oxygen atoms in total. The van der Waals surface area contributed by atoms with Crippen LogP contribution in [0.3, 0.4) is 0 Å². The van der Waals surface area contributed by atoms with Crippen molar-refractivity contribution in [3.05, 3.63) is 82.4 Å². The number of anilines is 2. The van der Waals surface area contributed by atoms with E-state index in [-0.39, 0.29) is 46.4 Å². The van der Waals surface area contributed by atoms with Gasteiger partial charge in [-0.2, -0.15) is 10.2 Å². The number of halogens is 2. The van der Waals surface area contributed by atoms with Gasteiger partial charge < -0.3 is 14.9 Å². The van der Waals surface area contributed by atoms with E-state index in [0.717, 1.165) is 0 Å². The van der Waals surface area contributed by atoms with Gasteiger partial charge in [0.05, 0.1) is 40.0 Å². The Morgan fingerprint density at radius 2 is 1.33 bits per heavy atom. The molecular weight excluding hydrogens is 664 g/mol. The number of primary amides is 1. The molecule has 0 aliphatic heterocycles. The van der Waals surface area contributed by atoms with Crippen molar-refractivity contribution in [2.75, 3.05) is 10.6 Å². The summed E-state index contributed by atoms with van der Waals surface area (Å²) in [6, 6.07) is 12.0. The van der Waals surface area contributed by atoms with Crippen molar-refractivity contribution in [2.45, 2.75) is 66.2 Å². The number of nitrogens with two attached hydrogens (primary N) is 1. The first-order valence-corrected chi connectivity index (χ1v) is 16.2. The second kappa shape index (κ2) is 13.6. The topological polar surface area (TPSA) is 190 Å². The number of benzene rings is 2. The number of hydrogen-bond donors (Lipinski definition) is 3. The maximum Gasteiger partial charge on any atom is 0.276 e. The number of nitrogens with zero attached hydrogens (tertiary/aromatic N) is 8. The summed E-state index contributed by atoms with van der Waals surface area (Å²) in [5.41, 5.74) is 8.78. The van der Waals surface area contributed by atoms with E-state index in [2.05, 4.69) is 30.8 Å². The van der Waals surface area contributed by atoms with E-state index in [1.807, 2.05) is 13.8 Å². The highest BCUT2D eigenvalue weighted by Crippen LogP contribution is 2.31. The first-order valence-electron chi connectivity index (χ1n) is 16.2. The first kappa shape index (κ1) is 34.6. The molecule has 17 heteroatoms. The van der Waals surface area contributed by atoms with Gasteiger partial charge in [0, 0.05) is 37.2 Å². The van der Waals surface area contributed by atoms with E-state index in [1.165, 1.54) is 48.8 Å². The Hall–Kier alpha value is -6.26. The molecule has 4 N–H and O–H groups in total. The average Bonchev–Trinajstić information content (AvgIpc) is 3.85. The zero-order chi connectivity index (χ0) is 36.6. The maximum atomic E-state index is 16.1. The van der Waals surface area contributed by atoms with Crippen molar-refractivity contribution in [2.24, 2.45) is 5.73 Å². The Morgan fingerprint density at radius 1 is 0.804 bits per heavy atom. The molecule has 0 bridgehead atoms. The Bertz CT molecular complexity index is 2330. The number of aryl methyl sites for hydroxylation is 5. The van der Waals surface area contributed by atoms with E-state index < -0.39 is 36.6 Å². The smallest absolute Gasteiger partial charge is 0.276 e. The zero-order valence-corrected chi connectivity index (χ0v) is 28.3. The van der Waals surface area contributed by atoms with E-state index in [0.29, 0.717) is 47.4 Å². The molecule has 51 heavy (non-hydrogen) atoms. The van der Waals surface area contributed by atoms with Crippen LogP contribution in [0.5, 0.6) is 0 Å². The Morgan fingerprint density at radius 3 is 1.88 bits per heavy atom. The van der Waals surface area contributed by atoms with Gasteiger partial charge >= 0.3 is 0 Å². The van der Waals surface area contributed by atoms with Gasteiger partial charge in [-0.1, -0.05) is 0 Å². The summed E-state index contributed by atoms with van der Waals surface area (Å²) in [7, 11) is 0. The normalized spacial score (nSPS) is 11.7. The van der Waals surface area contributed by atoms with E-state index >= 15 is 8.78 Å². The Balaban J connectivity index is 1.32. The molecule has 0 spiro atoms. The van der Waals surface area contributed by atoms with Gasteiger partial charge in [0.2, 0.25) is 17.8 Å². The highest BCUT2D eigenvalue weighted by atomic mass is 19.3. The molecule has 0 unspecified atom stereocenters. The van der Waals surface area contributed by atoms with Crippen molar-refractivity contribution < 1.29 is 28.0 Å². The standard InChI is InChI=1S/C34H35F2N11O4/c1-5-46-27(13-19(3)42-46)30(50)40-32-38-23-15-21(17-48)7-9-25(23)44(32)12-11-34(35,36)18-45-26-10-8-22(29(37)49)16-24(26)39-33(45)41-31(51)28-14-20(4)43-47(28)6-2/h7-10,13-17H,5-6,11-12,18H2,1-4H3,(H2,37,49)(H,38,40,50)(H,39,41,51). The molecule has 0 saturated carbocycles. The van der Waals surface area contributed by atoms with Crippen molar-refractivity contribution >= 4 is 58.0 Å². The van der Waals surface area contributed by atoms with Gasteiger partial charge in [-0.3, -0.25) is 39.2 Å². The lowest BCUT2D eigenvalue weighted by molar-refractivity contribution is -0.0264. The van der Waals surface area contributed by atoms with Gasteiger partial charge in [0.25, 0.3) is 17.7 Å². The van der Waals surface area contributed by atoms with Gasteiger partial charge in [-0.25, -0.2) is 18.7 Å². The first-order chi connectivity index (χ1) is 24.3. The second-order valence-electron chi connectivity index (χ2n) is 12.0. The lowest BCUT2D eigenvalue weighted by Gasteiger charge is -2.20. The minimum absolute atomic E-state index is 0.0122. The summed E-state index contributed by atoms with van der Waals surface area (Å²) in [5.74, 6) is -5.42. The second-order valence-corrected chi connectivity index (χ2v) is 12.0. The van der Waals surface area contributed by atoms with Crippen molar-refractivity contribution in [3.63, 3.8) is 0 Å². The van der Waals surface area contributed by atoms with Crippen LogP contribution in [-0.4, -0.2) is 68.6 Å². The van der Waals surface area contributed by atoms with E-state index in [1.54, 1.807) is 32.0 Å². The van der Waals surface area contributed by atoms with Crippen LogP contribution >= 0.6 is 0 Å². The molecule has 0 fully saturated rings. The van der Waals surface area contributed by atoms with Crippen LogP contribution in [0.4, 0.5) is 20.7 Å². The quantitative estimate of drug-likeness (QED) is 0.146. The lowest BCUT2D eigenvalue weighted by Crippen LogP contribution is -2.28. The average molecular weight is 700 g/mol. The Labute approximate surface area is 289 Å². The maximum absolute atomic E-state index is 16.1. The van der Waals surface area contributed by atoms with Crippen molar-refractivity contribution in [3.8, 4) is 0 Å². The molecular formula is C34H35F2N11O4. The molecule has 3 amide bonds. The van der Waals surface area contributed by atoms with Crippen LogP contribution in [0.1, 0.15) is 73.3 Å². The fraction of sp³-hybridized carbons (Fsp3) is 0.294. The van der Waals surface area contributed by atoms with Crippen LogP contribution in [0.15, 0.2) is 48.5 Å². The SMILES string of the molecule is CCn1nc(C)cc1C(=O)Nc1nc2cc(C=O)ccc2n1CCC(F)(F)Cn1c(NC(=O)c2cc(C)nn2CC)nc2cc(C(N)=O)ccc21. The highest BCUT2D eigenvalue weighted by Gasteiger charge is 2.33. The number of fused-ring (bicyclic) bond motifs is 2. The molecule has 6 aromatic rings. The largest absolute Gasteiger partial charge is 0.366 e. The predicted molar refractivity (Wildman–Crippen MR) is 184 cm³/mol. The number of amides is 3. The van der Waals surface area contributed by atoms with Crippen molar-refractivity contribution in [1.29, 1.82) is 0 Å². The number of alkyl halides is 2. The summed E-state index contributed by atoms with van der Waals surface area (Å²) in [6.07, 6.45) is -0.0835. The summed E-state index contributed by atoms with van der Waals surface area (Å²) >= 11 is 0. The van der Waals surface area contributed by atoms with Crippen LogP contribution in [0.25, 0.3) is 22.1 Å². The Kier molecular flexibility index (Phi) is 9.20. The highest BCUT2D eigenvalue weighted by molar-refractivity contribution is 6.04. The zero-order valence-electron chi connectivity index (χ0n) is 28.3. The summed E-state index contributed by atoms with van der Waals surface area (Å²) in [4.78, 5) is 58.9. The molecule has 0 aliphatic carbocycles. The third-order valence-corrected chi connectivity index (χ3v) is 8.35. The van der Waals surface area contributed by atoms with E-state index in [4.69, 9.17) is 5.73 Å². The number of aromatic nitrogens is 8. The third-order valence-electron chi connectivity index (χ3n) is 8.35. The summed E-state index contributed by atoms with van der Waals surface area (Å²) in [5, 5.41) is 14.0. The predicted octanol–water partition coefficient (Wildman–Crippen LogP) is 4.58. The number of carbonyl (C=O) groups is 4. The van der Waals surface area contributed by atoms with Gasteiger partial charge in [0.1, 0.15) is 17.7 Å². The van der Waals surface area contributed by atoms with Crippen LogP contribution in [-0.2, 0) is 26.2 Å². The fourth-order valence-electron chi connectivity index (χ4n) is 5.94. The molecule has 2 aromatic carbocycles.